The summed E-state index contributed by atoms with van der Waals surface area (Å²) in [7, 11) is -0.201. The Balaban J connectivity index is 1.74. The van der Waals surface area contributed by atoms with Crippen molar-refractivity contribution in [2.24, 2.45) is 28.9 Å². The Hall–Kier alpha value is -0.0551. The maximum Gasteiger partial charge on any atom is 0.475 e. The first-order chi connectivity index (χ1) is 8.75. The van der Waals surface area contributed by atoms with Crippen molar-refractivity contribution in [1.29, 1.82) is 0 Å². The number of rotatable bonds is 3. The molecule has 0 radical (unpaired) electrons. The van der Waals surface area contributed by atoms with Gasteiger partial charge in [-0.1, -0.05) is 27.7 Å². The predicted molar refractivity (Wildman–Crippen MR) is 77.5 cm³/mol. The molecule has 108 valence electrons. The average molecular weight is 265 g/mol. The maximum absolute atomic E-state index is 6.35. The van der Waals surface area contributed by atoms with Crippen LogP contribution in [0.15, 0.2) is 0 Å². The van der Waals surface area contributed by atoms with Crippen molar-refractivity contribution >= 4 is 7.12 Å². The van der Waals surface area contributed by atoms with Crippen LogP contribution in [0.25, 0.3) is 0 Å². The zero-order valence-electron chi connectivity index (χ0n) is 13.0. The molecule has 3 unspecified atom stereocenters. The van der Waals surface area contributed by atoms with Gasteiger partial charge in [-0.25, -0.2) is 0 Å². The number of hydrogen-bond acceptors (Lipinski definition) is 3. The van der Waals surface area contributed by atoms with Crippen LogP contribution in [0, 0.1) is 23.2 Å². The van der Waals surface area contributed by atoms with Gasteiger partial charge in [0.05, 0.1) is 11.7 Å². The minimum Gasteiger partial charge on any atom is -0.404 e. The monoisotopic (exact) mass is 265 g/mol. The zero-order chi connectivity index (χ0) is 14.0. The van der Waals surface area contributed by atoms with E-state index in [1.54, 1.807) is 0 Å². The van der Waals surface area contributed by atoms with E-state index in [0.29, 0.717) is 17.3 Å². The Morgan fingerprint density at radius 1 is 1.26 bits per heavy atom. The van der Waals surface area contributed by atoms with E-state index in [1.807, 2.05) is 0 Å². The minimum absolute atomic E-state index is 0.00253. The lowest BCUT2D eigenvalue weighted by Gasteiger charge is -2.64. The fourth-order valence-corrected chi connectivity index (χ4v) is 4.74. The maximum atomic E-state index is 6.35. The lowest BCUT2D eigenvalue weighted by Crippen LogP contribution is -2.65. The SMILES string of the molecule is CC(C)CC(N)B1OC2CC3C[C@@H](C3(C)C)[C@]2(C)O1. The Bertz CT molecular complexity index is 373. The highest BCUT2D eigenvalue weighted by atomic mass is 16.7. The molecule has 19 heavy (non-hydrogen) atoms. The molecule has 3 saturated carbocycles. The van der Waals surface area contributed by atoms with Crippen LogP contribution in [0.3, 0.4) is 0 Å². The standard InChI is InChI=1S/C15H28BNO2/c1-9(2)6-13(17)16-18-12-8-10-7-11(14(10,3)4)15(12,5)19-16/h9-13H,6-8,17H2,1-5H3/t10?,11-,12?,13?,15-/m0/s1. The van der Waals surface area contributed by atoms with Crippen molar-refractivity contribution in [3.05, 3.63) is 0 Å². The molecule has 4 heteroatoms. The highest BCUT2D eigenvalue weighted by Crippen LogP contribution is 2.65. The van der Waals surface area contributed by atoms with E-state index in [-0.39, 0.29) is 24.8 Å². The van der Waals surface area contributed by atoms with Crippen LogP contribution in [-0.4, -0.2) is 24.8 Å². The van der Waals surface area contributed by atoms with Gasteiger partial charge in [-0.3, -0.25) is 0 Å². The third kappa shape index (κ3) is 1.90. The van der Waals surface area contributed by atoms with Gasteiger partial charge in [-0.05, 0) is 49.4 Å². The third-order valence-electron chi connectivity index (χ3n) is 6.06. The molecular weight excluding hydrogens is 237 g/mol. The summed E-state index contributed by atoms with van der Waals surface area (Å²) in [5.74, 6) is 2.02. The summed E-state index contributed by atoms with van der Waals surface area (Å²) in [6, 6.07) is 0. The molecule has 3 nitrogen and oxygen atoms in total. The first-order valence-electron chi connectivity index (χ1n) is 7.84. The summed E-state index contributed by atoms with van der Waals surface area (Å²) >= 11 is 0. The summed E-state index contributed by atoms with van der Waals surface area (Å²) in [6.45, 7) is 11.4. The second kappa shape index (κ2) is 4.22. The Morgan fingerprint density at radius 2 is 1.95 bits per heavy atom. The molecule has 0 aromatic heterocycles. The van der Waals surface area contributed by atoms with Crippen LogP contribution in [0.2, 0.25) is 0 Å². The molecule has 0 amide bonds. The Morgan fingerprint density at radius 3 is 2.53 bits per heavy atom. The Labute approximate surface area is 117 Å². The molecule has 5 atom stereocenters. The van der Waals surface area contributed by atoms with Gasteiger partial charge in [0, 0.05) is 5.94 Å². The van der Waals surface area contributed by atoms with Crippen molar-refractivity contribution in [1.82, 2.24) is 0 Å². The van der Waals surface area contributed by atoms with Gasteiger partial charge < -0.3 is 15.0 Å². The second-order valence-electron chi connectivity index (χ2n) is 8.13. The van der Waals surface area contributed by atoms with Crippen LogP contribution < -0.4 is 5.73 Å². The third-order valence-corrected chi connectivity index (χ3v) is 6.06. The van der Waals surface area contributed by atoms with E-state index in [1.165, 1.54) is 6.42 Å². The van der Waals surface area contributed by atoms with Gasteiger partial charge in [0.2, 0.25) is 0 Å². The molecule has 4 rings (SSSR count). The minimum atomic E-state index is -0.201. The summed E-state index contributed by atoms with van der Waals surface area (Å²) in [5, 5.41) is 0. The van der Waals surface area contributed by atoms with E-state index >= 15 is 0 Å². The number of nitrogens with two attached hydrogens (primary N) is 1. The highest BCUT2D eigenvalue weighted by molar-refractivity contribution is 6.47. The van der Waals surface area contributed by atoms with E-state index in [9.17, 15) is 0 Å². The Kier molecular flexibility index (Phi) is 3.09. The smallest absolute Gasteiger partial charge is 0.404 e. The van der Waals surface area contributed by atoms with Gasteiger partial charge in [0.25, 0.3) is 0 Å². The van der Waals surface area contributed by atoms with Gasteiger partial charge in [-0.15, -0.1) is 0 Å². The topological polar surface area (TPSA) is 44.5 Å². The lowest BCUT2D eigenvalue weighted by atomic mass is 9.43. The van der Waals surface area contributed by atoms with Crippen LogP contribution >= 0.6 is 0 Å². The summed E-state index contributed by atoms with van der Waals surface area (Å²) < 4.78 is 12.5. The van der Waals surface area contributed by atoms with E-state index < -0.39 is 0 Å². The number of hydrogen-bond donors (Lipinski definition) is 1. The second-order valence-corrected chi connectivity index (χ2v) is 8.13. The fourth-order valence-electron chi connectivity index (χ4n) is 4.74. The molecule has 2 N–H and O–H groups in total. The van der Waals surface area contributed by atoms with Gasteiger partial charge in [0.1, 0.15) is 0 Å². The van der Waals surface area contributed by atoms with Gasteiger partial charge in [0.15, 0.2) is 0 Å². The van der Waals surface area contributed by atoms with E-state index in [4.69, 9.17) is 15.0 Å². The van der Waals surface area contributed by atoms with Gasteiger partial charge in [-0.2, -0.15) is 0 Å². The lowest BCUT2D eigenvalue weighted by molar-refractivity contribution is -0.199. The largest absolute Gasteiger partial charge is 0.475 e. The molecule has 0 aromatic carbocycles. The molecule has 1 heterocycles. The van der Waals surface area contributed by atoms with Crippen molar-refractivity contribution in [3.8, 4) is 0 Å². The van der Waals surface area contributed by atoms with Crippen LogP contribution in [0.1, 0.15) is 53.9 Å². The molecule has 2 bridgehead atoms. The van der Waals surface area contributed by atoms with Crippen LogP contribution in [-0.2, 0) is 9.31 Å². The normalized spacial score (nSPS) is 45.0. The fraction of sp³-hybridized carbons (Fsp3) is 1.00. The molecule has 3 aliphatic carbocycles. The summed E-state index contributed by atoms with van der Waals surface area (Å²) in [5.41, 5.74) is 6.56. The first-order valence-corrected chi connectivity index (χ1v) is 7.84. The molecule has 1 saturated heterocycles. The van der Waals surface area contributed by atoms with E-state index in [2.05, 4.69) is 34.6 Å². The van der Waals surface area contributed by atoms with Crippen molar-refractivity contribution in [2.45, 2.75) is 71.5 Å². The molecule has 4 fully saturated rings. The van der Waals surface area contributed by atoms with Crippen LogP contribution in [0.5, 0.6) is 0 Å². The summed E-state index contributed by atoms with van der Waals surface area (Å²) in [4.78, 5) is 0. The first kappa shape index (κ1) is 13.9. The van der Waals surface area contributed by atoms with Crippen molar-refractivity contribution in [3.63, 3.8) is 0 Å². The van der Waals surface area contributed by atoms with Crippen molar-refractivity contribution < 1.29 is 9.31 Å². The highest BCUT2D eigenvalue weighted by Gasteiger charge is 2.68. The predicted octanol–water partition coefficient (Wildman–Crippen LogP) is 2.63. The molecule has 1 aliphatic heterocycles. The van der Waals surface area contributed by atoms with Crippen LogP contribution in [0.4, 0.5) is 0 Å². The quantitative estimate of drug-likeness (QED) is 0.798. The average Bonchev–Trinajstić information content (AvgIpc) is 2.64. The molecule has 0 spiro atoms. The van der Waals surface area contributed by atoms with Crippen molar-refractivity contribution in [2.75, 3.05) is 0 Å². The van der Waals surface area contributed by atoms with Gasteiger partial charge >= 0.3 is 7.12 Å². The zero-order valence-corrected chi connectivity index (χ0v) is 13.0. The molecule has 0 aromatic rings. The summed E-state index contributed by atoms with van der Waals surface area (Å²) in [6.07, 6.45) is 3.67. The molecular formula is C15H28BNO2. The van der Waals surface area contributed by atoms with E-state index in [0.717, 1.165) is 18.8 Å². The molecule has 4 aliphatic rings.